The third-order valence-corrected chi connectivity index (χ3v) is 5.15. The number of fused-ring (bicyclic) bond motifs is 1. The first-order valence-electron chi connectivity index (χ1n) is 9.95. The lowest BCUT2D eigenvalue weighted by Gasteiger charge is -2.28. The lowest BCUT2D eigenvalue weighted by molar-refractivity contribution is -0.118. The molecule has 1 fully saturated rings. The van der Waals surface area contributed by atoms with Crippen LogP contribution in [0.2, 0.25) is 0 Å². The minimum absolute atomic E-state index is 0.0875. The summed E-state index contributed by atoms with van der Waals surface area (Å²) in [6.45, 7) is 6.14. The van der Waals surface area contributed by atoms with Gasteiger partial charge in [-0.25, -0.2) is 4.98 Å². The van der Waals surface area contributed by atoms with E-state index in [1.165, 1.54) is 19.3 Å². The number of hydrogen-bond donors (Lipinski definition) is 1. The zero-order chi connectivity index (χ0) is 19.6. The van der Waals surface area contributed by atoms with E-state index in [4.69, 9.17) is 9.47 Å². The number of benzene rings is 1. The van der Waals surface area contributed by atoms with Gasteiger partial charge in [0, 0.05) is 25.1 Å². The maximum Gasteiger partial charge on any atom is 0.263 e. The molecule has 1 saturated heterocycles. The van der Waals surface area contributed by atoms with Gasteiger partial charge in [0.05, 0.1) is 11.9 Å². The smallest absolute Gasteiger partial charge is 0.263 e. The van der Waals surface area contributed by atoms with Gasteiger partial charge in [-0.2, -0.15) is 0 Å². The molecule has 6 heteroatoms. The highest BCUT2D eigenvalue weighted by atomic mass is 16.5. The van der Waals surface area contributed by atoms with Crippen molar-refractivity contribution in [2.24, 2.45) is 0 Å². The standard InChI is InChI=1S/C22H27N3O3/c1-22(2)13-16-7-6-8-18(21(16)28-22)27-15-20(26)24-19-10-9-17(14-23-19)25-11-4-3-5-12-25/h6-10,14H,3-5,11-13,15H2,1-2H3,(H,23,24,26). The van der Waals surface area contributed by atoms with Crippen LogP contribution in [-0.4, -0.2) is 36.2 Å². The molecule has 1 N–H and O–H groups in total. The normalized spacial score (nSPS) is 17.6. The Morgan fingerprint density at radius 1 is 1.21 bits per heavy atom. The van der Waals surface area contributed by atoms with E-state index >= 15 is 0 Å². The first-order chi connectivity index (χ1) is 13.5. The summed E-state index contributed by atoms with van der Waals surface area (Å²) in [5, 5.41) is 2.79. The Morgan fingerprint density at radius 3 is 2.79 bits per heavy atom. The zero-order valence-corrected chi connectivity index (χ0v) is 16.5. The van der Waals surface area contributed by atoms with Crippen LogP contribution >= 0.6 is 0 Å². The number of anilines is 2. The van der Waals surface area contributed by atoms with Gasteiger partial charge < -0.3 is 19.7 Å². The fourth-order valence-corrected chi connectivity index (χ4v) is 3.82. The summed E-state index contributed by atoms with van der Waals surface area (Å²) in [5.41, 5.74) is 1.97. The van der Waals surface area contributed by atoms with E-state index in [9.17, 15) is 4.79 Å². The molecule has 0 unspecified atom stereocenters. The van der Waals surface area contributed by atoms with Crippen LogP contribution in [0.3, 0.4) is 0 Å². The Bertz CT molecular complexity index is 843. The maximum atomic E-state index is 12.3. The van der Waals surface area contributed by atoms with Crippen molar-refractivity contribution >= 4 is 17.4 Å². The molecule has 0 spiro atoms. The van der Waals surface area contributed by atoms with E-state index in [0.717, 1.165) is 36.5 Å². The second kappa shape index (κ2) is 7.70. The van der Waals surface area contributed by atoms with Gasteiger partial charge in [0.15, 0.2) is 18.1 Å². The minimum Gasteiger partial charge on any atom is -0.483 e. The average molecular weight is 381 g/mol. The summed E-state index contributed by atoms with van der Waals surface area (Å²) in [6.07, 6.45) is 6.39. The largest absolute Gasteiger partial charge is 0.483 e. The van der Waals surface area contributed by atoms with Crippen molar-refractivity contribution in [1.82, 2.24) is 4.98 Å². The summed E-state index contributed by atoms with van der Waals surface area (Å²) in [4.78, 5) is 19.0. The summed E-state index contributed by atoms with van der Waals surface area (Å²) in [5.74, 6) is 1.63. The molecule has 0 aliphatic carbocycles. The van der Waals surface area contributed by atoms with Crippen molar-refractivity contribution in [3.8, 4) is 11.5 Å². The van der Waals surface area contributed by atoms with Crippen LogP contribution in [0.5, 0.6) is 11.5 Å². The number of nitrogens with zero attached hydrogens (tertiary/aromatic N) is 2. The number of amides is 1. The number of para-hydroxylation sites is 1. The van der Waals surface area contributed by atoms with Gasteiger partial charge in [-0.05, 0) is 51.3 Å². The maximum absolute atomic E-state index is 12.3. The SMILES string of the molecule is CC1(C)Cc2cccc(OCC(=O)Nc3ccc(N4CCCCC4)cn3)c2O1. The van der Waals surface area contributed by atoms with Crippen LogP contribution in [0.25, 0.3) is 0 Å². The van der Waals surface area contributed by atoms with E-state index in [-0.39, 0.29) is 18.1 Å². The molecular formula is C22H27N3O3. The van der Waals surface area contributed by atoms with E-state index in [1.54, 1.807) is 0 Å². The Balaban J connectivity index is 1.33. The van der Waals surface area contributed by atoms with Crippen molar-refractivity contribution in [3.63, 3.8) is 0 Å². The topological polar surface area (TPSA) is 63.7 Å². The lowest BCUT2D eigenvalue weighted by Crippen LogP contribution is -2.29. The fraction of sp³-hybridized carbons (Fsp3) is 0.455. The number of nitrogens with one attached hydrogen (secondary N) is 1. The first-order valence-corrected chi connectivity index (χ1v) is 9.95. The second-order valence-electron chi connectivity index (χ2n) is 8.07. The molecule has 2 aliphatic heterocycles. The number of hydrogen-bond acceptors (Lipinski definition) is 5. The molecule has 0 bridgehead atoms. The zero-order valence-electron chi connectivity index (χ0n) is 16.5. The Morgan fingerprint density at radius 2 is 2.04 bits per heavy atom. The summed E-state index contributed by atoms with van der Waals surface area (Å²) >= 11 is 0. The van der Waals surface area contributed by atoms with Crippen molar-refractivity contribution in [2.75, 3.05) is 29.9 Å². The Labute approximate surface area is 165 Å². The summed E-state index contributed by atoms with van der Waals surface area (Å²) < 4.78 is 11.7. The molecule has 0 radical (unpaired) electrons. The van der Waals surface area contributed by atoms with Gasteiger partial charge in [0.25, 0.3) is 5.91 Å². The molecule has 1 amide bonds. The Kier molecular flexibility index (Phi) is 5.11. The molecule has 4 rings (SSSR count). The molecule has 28 heavy (non-hydrogen) atoms. The monoisotopic (exact) mass is 381 g/mol. The average Bonchev–Trinajstić information content (AvgIpc) is 3.02. The number of ether oxygens (including phenoxy) is 2. The van der Waals surface area contributed by atoms with Crippen LogP contribution in [-0.2, 0) is 11.2 Å². The van der Waals surface area contributed by atoms with Crippen LogP contribution in [0.4, 0.5) is 11.5 Å². The number of aromatic nitrogens is 1. The molecule has 2 aliphatic rings. The predicted octanol–water partition coefficient (Wildman–Crippen LogP) is 3.80. The van der Waals surface area contributed by atoms with Crippen LogP contribution in [0.1, 0.15) is 38.7 Å². The van der Waals surface area contributed by atoms with Gasteiger partial charge in [-0.15, -0.1) is 0 Å². The third kappa shape index (κ3) is 4.21. The Hall–Kier alpha value is -2.76. The van der Waals surface area contributed by atoms with Gasteiger partial charge >= 0.3 is 0 Å². The molecule has 6 nitrogen and oxygen atoms in total. The molecule has 3 heterocycles. The number of rotatable bonds is 5. The molecule has 1 aromatic heterocycles. The molecule has 148 valence electrons. The van der Waals surface area contributed by atoms with E-state index < -0.39 is 0 Å². The van der Waals surface area contributed by atoms with Gasteiger partial charge in [0.1, 0.15) is 11.4 Å². The van der Waals surface area contributed by atoms with E-state index in [0.29, 0.717) is 11.6 Å². The summed E-state index contributed by atoms with van der Waals surface area (Å²) in [7, 11) is 0. The van der Waals surface area contributed by atoms with Gasteiger partial charge in [-0.3, -0.25) is 4.79 Å². The number of carbonyl (C=O) groups is 1. The van der Waals surface area contributed by atoms with Crippen molar-refractivity contribution in [3.05, 3.63) is 42.1 Å². The van der Waals surface area contributed by atoms with Crippen molar-refractivity contribution < 1.29 is 14.3 Å². The lowest BCUT2D eigenvalue weighted by atomic mass is 10.0. The quantitative estimate of drug-likeness (QED) is 0.853. The number of piperidine rings is 1. The second-order valence-corrected chi connectivity index (χ2v) is 8.07. The predicted molar refractivity (Wildman–Crippen MR) is 109 cm³/mol. The highest BCUT2D eigenvalue weighted by Gasteiger charge is 2.32. The molecule has 0 atom stereocenters. The van der Waals surface area contributed by atoms with Crippen LogP contribution < -0.4 is 19.7 Å². The number of pyridine rings is 1. The van der Waals surface area contributed by atoms with Crippen LogP contribution in [0, 0.1) is 0 Å². The first kappa shape index (κ1) is 18.6. The van der Waals surface area contributed by atoms with E-state index in [1.807, 2.05) is 50.4 Å². The number of carbonyl (C=O) groups excluding carboxylic acids is 1. The molecule has 2 aromatic rings. The highest BCUT2D eigenvalue weighted by Crippen LogP contribution is 2.41. The minimum atomic E-state index is -0.246. The molecular weight excluding hydrogens is 354 g/mol. The van der Waals surface area contributed by atoms with E-state index in [2.05, 4.69) is 15.2 Å². The van der Waals surface area contributed by atoms with Gasteiger partial charge in [0.2, 0.25) is 0 Å². The highest BCUT2D eigenvalue weighted by molar-refractivity contribution is 5.91. The molecule has 0 saturated carbocycles. The van der Waals surface area contributed by atoms with Crippen molar-refractivity contribution in [2.45, 2.75) is 45.1 Å². The van der Waals surface area contributed by atoms with Crippen molar-refractivity contribution in [1.29, 1.82) is 0 Å². The summed E-state index contributed by atoms with van der Waals surface area (Å²) in [6, 6.07) is 9.64. The molecule has 1 aromatic carbocycles. The van der Waals surface area contributed by atoms with Gasteiger partial charge in [-0.1, -0.05) is 12.1 Å². The third-order valence-electron chi connectivity index (χ3n) is 5.15. The fourth-order valence-electron chi connectivity index (χ4n) is 3.82. The van der Waals surface area contributed by atoms with Crippen LogP contribution in [0.15, 0.2) is 36.5 Å².